The molecule has 4 heterocycles. The van der Waals surface area contributed by atoms with Crippen LogP contribution in [0.3, 0.4) is 0 Å². The van der Waals surface area contributed by atoms with Gasteiger partial charge in [0.05, 0.1) is 22.9 Å². The number of carboxylic acid groups (broad SMARTS) is 1. The summed E-state index contributed by atoms with van der Waals surface area (Å²) in [7, 11) is 0. The fraction of sp³-hybridized carbons (Fsp3) is 0.471. The molecule has 0 aromatic carbocycles. The van der Waals surface area contributed by atoms with E-state index in [0.29, 0.717) is 17.2 Å². The molecule has 3 atom stereocenters. The van der Waals surface area contributed by atoms with Crippen molar-refractivity contribution in [2.75, 3.05) is 0 Å². The highest BCUT2D eigenvalue weighted by Gasteiger charge is 2.56. The molecule has 1 amide bonds. The van der Waals surface area contributed by atoms with Gasteiger partial charge in [-0.2, -0.15) is 0 Å². The van der Waals surface area contributed by atoms with Gasteiger partial charge in [-0.3, -0.25) is 9.20 Å². The Labute approximate surface area is 158 Å². The van der Waals surface area contributed by atoms with E-state index >= 15 is 0 Å². The molecule has 4 rings (SSSR count). The summed E-state index contributed by atoms with van der Waals surface area (Å²) in [4.78, 5) is 31.7. The summed E-state index contributed by atoms with van der Waals surface area (Å²) in [5.74, 6) is -1.94. The van der Waals surface area contributed by atoms with Crippen LogP contribution < -0.4 is 0 Å². The summed E-state index contributed by atoms with van der Waals surface area (Å²) < 4.78 is 1.90. The number of amides is 1. The first-order valence-corrected chi connectivity index (χ1v) is 10.1. The lowest BCUT2D eigenvalue weighted by molar-refractivity contribution is -0.161. The van der Waals surface area contributed by atoms with Gasteiger partial charge in [0.2, 0.25) is 5.91 Å². The zero-order chi connectivity index (χ0) is 18.7. The molecule has 2 N–H and O–H groups in total. The zero-order valence-electron chi connectivity index (χ0n) is 14.5. The average Bonchev–Trinajstić information content (AvgIpc) is 3.18. The quantitative estimate of drug-likeness (QED) is 0.598. The predicted molar refractivity (Wildman–Crippen MR) is 99.0 cm³/mol. The molecule has 7 nitrogen and oxygen atoms in total. The molecule has 2 aromatic heterocycles. The number of imidazole rings is 1. The number of aliphatic hydroxyl groups is 1. The van der Waals surface area contributed by atoms with E-state index in [2.05, 4.69) is 18.8 Å². The van der Waals surface area contributed by atoms with Crippen LogP contribution in [0.1, 0.15) is 32.1 Å². The van der Waals surface area contributed by atoms with Crippen LogP contribution in [0.4, 0.5) is 0 Å². The van der Waals surface area contributed by atoms with Gasteiger partial charge < -0.3 is 15.1 Å². The Morgan fingerprint density at radius 3 is 2.77 bits per heavy atom. The van der Waals surface area contributed by atoms with Crippen molar-refractivity contribution < 1.29 is 19.8 Å². The topological polar surface area (TPSA) is 95.1 Å². The SMILES string of the molecule is CC(C)Sc1ncn2cc(C3=C(C(=O)O)N4C(=O)[C@H]([C@@H](C)O)[C@H]4C3)sc12. The van der Waals surface area contributed by atoms with E-state index in [1.165, 1.54) is 16.2 Å². The van der Waals surface area contributed by atoms with Crippen molar-refractivity contribution in [2.45, 2.75) is 49.6 Å². The maximum atomic E-state index is 12.3. The van der Waals surface area contributed by atoms with Crippen molar-refractivity contribution in [3.05, 3.63) is 23.1 Å². The molecule has 1 fully saturated rings. The minimum atomic E-state index is -1.10. The second-order valence-electron chi connectivity index (χ2n) is 6.90. The highest BCUT2D eigenvalue weighted by Crippen LogP contribution is 2.48. The third-order valence-corrected chi connectivity index (χ3v) is 7.05. The van der Waals surface area contributed by atoms with E-state index in [-0.39, 0.29) is 17.6 Å². The van der Waals surface area contributed by atoms with Crippen LogP contribution in [-0.2, 0) is 9.59 Å². The first kappa shape index (κ1) is 17.6. The number of rotatable bonds is 5. The molecule has 2 aliphatic rings. The van der Waals surface area contributed by atoms with Crippen molar-refractivity contribution >= 4 is 45.4 Å². The van der Waals surface area contributed by atoms with Crippen molar-refractivity contribution in [3.8, 4) is 0 Å². The van der Waals surface area contributed by atoms with Crippen molar-refractivity contribution in [1.29, 1.82) is 0 Å². The lowest BCUT2D eigenvalue weighted by atomic mass is 9.83. The minimum absolute atomic E-state index is 0.0485. The van der Waals surface area contributed by atoms with Gasteiger partial charge in [0.15, 0.2) is 0 Å². The number of aliphatic hydroxyl groups excluding tert-OH is 1. The fourth-order valence-electron chi connectivity index (χ4n) is 3.71. The average molecular weight is 393 g/mol. The van der Waals surface area contributed by atoms with E-state index in [0.717, 1.165) is 14.7 Å². The van der Waals surface area contributed by atoms with E-state index in [1.807, 2.05) is 10.6 Å². The number of thiazole rings is 1. The number of hydrogen-bond acceptors (Lipinski definition) is 6. The Morgan fingerprint density at radius 1 is 1.42 bits per heavy atom. The van der Waals surface area contributed by atoms with E-state index < -0.39 is 18.0 Å². The number of aromatic nitrogens is 2. The van der Waals surface area contributed by atoms with Gasteiger partial charge in [0.25, 0.3) is 0 Å². The molecule has 0 spiro atoms. The molecule has 2 aromatic rings. The molecule has 138 valence electrons. The Hall–Kier alpha value is -1.84. The highest BCUT2D eigenvalue weighted by molar-refractivity contribution is 8.00. The normalized spacial score (nSPS) is 23.7. The number of hydrogen-bond donors (Lipinski definition) is 2. The highest BCUT2D eigenvalue weighted by atomic mass is 32.2. The van der Waals surface area contributed by atoms with Gasteiger partial charge in [-0.15, -0.1) is 23.1 Å². The summed E-state index contributed by atoms with van der Waals surface area (Å²) in [5.41, 5.74) is 0.709. The Morgan fingerprint density at radius 2 is 2.15 bits per heavy atom. The number of carbonyl (C=O) groups excluding carboxylic acids is 1. The molecule has 1 saturated heterocycles. The molecule has 0 saturated carbocycles. The van der Waals surface area contributed by atoms with Crippen LogP contribution in [0, 0.1) is 5.92 Å². The zero-order valence-corrected chi connectivity index (χ0v) is 16.2. The molecule has 26 heavy (non-hydrogen) atoms. The molecular weight excluding hydrogens is 374 g/mol. The van der Waals surface area contributed by atoms with Crippen molar-refractivity contribution in [2.24, 2.45) is 5.92 Å². The van der Waals surface area contributed by atoms with Gasteiger partial charge in [0, 0.05) is 17.0 Å². The molecule has 9 heteroatoms. The first-order valence-electron chi connectivity index (χ1n) is 8.40. The second kappa shape index (κ2) is 6.11. The van der Waals surface area contributed by atoms with Gasteiger partial charge in [-0.25, -0.2) is 9.78 Å². The first-order chi connectivity index (χ1) is 12.3. The molecule has 0 bridgehead atoms. The van der Waals surface area contributed by atoms with Crippen molar-refractivity contribution in [3.63, 3.8) is 0 Å². The van der Waals surface area contributed by atoms with Crippen LogP contribution in [-0.4, -0.2) is 53.8 Å². The number of carbonyl (C=O) groups is 2. The molecule has 0 aliphatic carbocycles. The van der Waals surface area contributed by atoms with E-state index in [9.17, 15) is 19.8 Å². The maximum absolute atomic E-state index is 12.3. The number of aliphatic carboxylic acids is 1. The monoisotopic (exact) mass is 393 g/mol. The third-order valence-electron chi connectivity index (χ3n) is 4.76. The fourth-order valence-corrected chi connectivity index (χ4v) is 5.76. The Bertz CT molecular complexity index is 943. The molecular formula is C17H19N3O4S2. The number of β-lactam (4-membered cyclic amide) rings is 1. The smallest absolute Gasteiger partial charge is 0.352 e. The second-order valence-corrected chi connectivity index (χ2v) is 9.50. The number of nitrogens with zero attached hydrogens (tertiary/aromatic N) is 3. The molecule has 2 aliphatic heterocycles. The maximum Gasteiger partial charge on any atom is 0.352 e. The minimum Gasteiger partial charge on any atom is -0.477 e. The summed E-state index contributed by atoms with van der Waals surface area (Å²) in [6.07, 6.45) is 3.28. The number of carboxylic acids is 1. The largest absolute Gasteiger partial charge is 0.477 e. The predicted octanol–water partition coefficient (Wildman–Crippen LogP) is 2.30. The summed E-state index contributed by atoms with van der Waals surface area (Å²) in [6, 6.07) is -0.271. The number of fused-ring (bicyclic) bond motifs is 2. The van der Waals surface area contributed by atoms with Crippen LogP contribution >= 0.6 is 23.1 Å². The standard InChI is InChI=1S/C17H19N3O4S2/c1-7(2)25-14-16-19(6-18-14)5-11(26-16)9-4-10-12(8(3)21)15(22)20(10)13(9)17(23)24/h5-8,10,12,21H,4H2,1-3H3,(H,23,24)/t8-,10-,12-/m1/s1. The van der Waals surface area contributed by atoms with Gasteiger partial charge in [0.1, 0.15) is 21.9 Å². The van der Waals surface area contributed by atoms with Gasteiger partial charge >= 0.3 is 5.97 Å². The van der Waals surface area contributed by atoms with Crippen LogP contribution in [0.5, 0.6) is 0 Å². The summed E-state index contributed by atoms with van der Waals surface area (Å²) in [5, 5.41) is 20.8. The Kier molecular flexibility index (Phi) is 4.13. The lowest BCUT2D eigenvalue weighted by Gasteiger charge is -2.44. The Balaban J connectivity index is 1.75. The van der Waals surface area contributed by atoms with Gasteiger partial charge in [-0.1, -0.05) is 13.8 Å². The summed E-state index contributed by atoms with van der Waals surface area (Å²) in [6.45, 7) is 5.77. The number of thioether (sulfide) groups is 1. The van der Waals surface area contributed by atoms with Crippen LogP contribution in [0.25, 0.3) is 10.4 Å². The van der Waals surface area contributed by atoms with E-state index in [4.69, 9.17) is 0 Å². The molecule has 0 radical (unpaired) electrons. The third kappa shape index (κ3) is 2.49. The van der Waals surface area contributed by atoms with Crippen LogP contribution in [0.15, 0.2) is 23.2 Å². The van der Waals surface area contributed by atoms with Gasteiger partial charge in [-0.05, 0) is 13.3 Å². The van der Waals surface area contributed by atoms with Crippen molar-refractivity contribution in [1.82, 2.24) is 14.3 Å². The summed E-state index contributed by atoms with van der Waals surface area (Å²) >= 11 is 3.16. The lowest BCUT2D eigenvalue weighted by Crippen LogP contribution is -2.61. The molecule has 0 unspecified atom stereocenters. The van der Waals surface area contributed by atoms with Crippen LogP contribution in [0.2, 0.25) is 0 Å². The van der Waals surface area contributed by atoms with E-state index in [1.54, 1.807) is 25.0 Å².